The minimum atomic E-state index is 0.0245. The first-order valence-electron chi connectivity index (χ1n) is 8.17. The van der Waals surface area contributed by atoms with E-state index in [4.69, 9.17) is 0 Å². The predicted molar refractivity (Wildman–Crippen MR) is 87.6 cm³/mol. The van der Waals surface area contributed by atoms with Gasteiger partial charge in [-0.1, -0.05) is 36.8 Å². The first kappa shape index (κ1) is 15.3. The summed E-state index contributed by atoms with van der Waals surface area (Å²) < 4.78 is 1.99. The lowest BCUT2D eigenvalue weighted by Crippen LogP contribution is -2.38. The van der Waals surface area contributed by atoms with Crippen LogP contribution in [-0.4, -0.2) is 27.5 Å². The Balaban J connectivity index is 1.66. The molecule has 1 saturated carbocycles. The normalized spacial score (nSPS) is 23.4. The van der Waals surface area contributed by atoms with Crippen LogP contribution in [0, 0.1) is 0 Å². The molecule has 2 N–H and O–H groups in total. The van der Waals surface area contributed by atoms with Gasteiger partial charge in [0.25, 0.3) is 0 Å². The van der Waals surface area contributed by atoms with E-state index < -0.39 is 0 Å². The molecule has 1 aliphatic rings. The molecule has 4 heteroatoms. The van der Waals surface area contributed by atoms with Gasteiger partial charge in [0.05, 0.1) is 12.6 Å². The molecule has 3 rings (SSSR count). The molecule has 3 atom stereocenters. The lowest BCUT2D eigenvalue weighted by molar-refractivity contribution is 0.214. The minimum Gasteiger partial charge on any atom is -0.394 e. The Morgan fingerprint density at radius 2 is 2.09 bits per heavy atom. The fourth-order valence-electron chi connectivity index (χ4n) is 3.62. The van der Waals surface area contributed by atoms with E-state index in [9.17, 15) is 5.11 Å². The zero-order valence-electron chi connectivity index (χ0n) is 13.2. The molecule has 4 nitrogen and oxygen atoms in total. The van der Waals surface area contributed by atoms with Gasteiger partial charge in [0.15, 0.2) is 0 Å². The topological polar surface area (TPSA) is 50.1 Å². The van der Waals surface area contributed by atoms with Crippen molar-refractivity contribution in [3.63, 3.8) is 0 Å². The molecule has 1 fully saturated rings. The quantitative estimate of drug-likeness (QED) is 0.892. The molecule has 1 heterocycles. The zero-order valence-corrected chi connectivity index (χ0v) is 13.2. The number of aliphatic hydroxyl groups is 1. The minimum absolute atomic E-state index is 0.0245. The lowest BCUT2D eigenvalue weighted by atomic mass is 9.83. The van der Waals surface area contributed by atoms with E-state index in [1.165, 1.54) is 25.0 Å². The number of nitrogens with zero attached hydrogens (tertiary/aromatic N) is 2. The van der Waals surface area contributed by atoms with Gasteiger partial charge >= 0.3 is 0 Å². The smallest absolute Gasteiger partial charge is 0.0626 e. The van der Waals surface area contributed by atoms with Crippen molar-refractivity contribution in [3.8, 4) is 0 Å². The fourth-order valence-corrected chi connectivity index (χ4v) is 3.62. The van der Waals surface area contributed by atoms with Crippen LogP contribution in [0.4, 0.5) is 0 Å². The van der Waals surface area contributed by atoms with Crippen molar-refractivity contribution in [2.75, 3.05) is 6.61 Å². The number of hydrogen-bond donors (Lipinski definition) is 2. The van der Waals surface area contributed by atoms with E-state index in [-0.39, 0.29) is 12.6 Å². The maximum atomic E-state index is 9.73. The third kappa shape index (κ3) is 3.39. The Hall–Kier alpha value is -1.65. The van der Waals surface area contributed by atoms with Gasteiger partial charge in [-0.25, -0.2) is 0 Å². The van der Waals surface area contributed by atoms with E-state index in [0.717, 1.165) is 12.0 Å². The Morgan fingerprint density at radius 3 is 2.77 bits per heavy atom. The number of rotatable bonds is 5. The van der Waals surface area contributed by atoms with Gasteiger partial charge in [-0.05, 0) is 30.9 Å². The summed E-state index contributed by atoms with van der Waals surface area (Å²) >= 11 is 0. The van der Waals surface area contributed by atoms with Crippen LogP contribution in [0.5, 0.6) is 0 Å². The Bertz CT molecular complexity index is 581. The van der Waals surface area contributed by atoms with Crippen LogP contribution in [0.1, 0.15) is 48.9 Å². The average Bonchev–Trinajstić information content (AvgIpc) is 3.00. The van der Waals surface area contributed by atoms with Crippen molar-refractivity contribution in [2.45, 2.75) is 43.7 Å². The molecular weight excluding hydrogens is 274 g/mol. The van der Waals surface area contributed by atoms with Crippen molar-refractivity contribution in [3.05, 3.63) is 53.9 Å². The van der Waals surface area contributed by atoms with Gasteiger partial charge < -0.3 is 10.4 Å². The van der Waals surface area contributed by atoms with E-state index >= 15 is 0 Å². The van der Waals surface area contributed by atoms with Crippen LogP contribution in [0.25, 0.3) is 0 Å². The number of aromatic nitrogens is 2. The first-order valence-corrected chi connectivity index (χ1v) is 8.17. The van der Waals surface area contributed by atoms with Crippen LogP contribution >= 0.6 is 0 Å². The molecule has 1 aromatic heterocycles. The van der Waals surface area contributed by atoms with E-state index in [2.05, 4.69) is 28.6 Å². The Kier molecular flexibility index (Phi) is 4.90. The SMILES string of the molecule is Cn1nccc1C1CCCC(N[C@H](CO)c2ccccc2)C1. The first-order chi connectivity index (χ1) is 10.8. The Labute approximate surface area is 132 Å². The number of aryl methyl sites for hydroxylation is 1. The molecule has 0 amide bonds. The maximum absolute atomic E-state index is 9.73. The summed E-state index contributed by atoms with van der Waals surface area (Å²) in [7, 11) is 2.02. The molecule has 118 valence electrons. The highest BCUT2D eigenvalue weighted by molar-refractivity contribution is 5.19. The highest BCUT2D eigenvalue weighted by Gasteiger charge is 2.26. The molecule has 22 heavy (non-hydrogen) atoms. The number of aliphatic hydroxyl groups excluding tert-OH is 1. The molecule has 0 bridgehead atoms. The van der Waals surface area contributed by atoms with Gasteiger partial charge in [-0.15, -0.1) is 0 Å². The number of benzene rings is 1. The summed E-state index contributed by atoms with van der Waals surface area (Å²) in [4.78, 5) is 0. The second-order valence-electron chi connectivity index (χ2n) is 6.25. The predicted octanol–water partition coefficient (Wildman–Crippen LogP) is 2.77. The molecule has 0 saturated heterocycles. The summed E-state index contributed by atoms with van der Waals surface area (Å²) in [6, 6.07) is 12.8. The summed E-state index contributed by atoms with van der Waals surface area (Å²) in [6.45, 7) is 0.136. The molecule has 0 spiro atoms. The number of hydrogen-bond acceptors (Lipinski definition) is 3. The van der Waals surface area contributed by atoms with Crippen molar-refractivity contribution >= 4 is 0 Å². The largest absolute Gasteiger partial charge is 0.394 e. The molecule has 1 aromatic carbocycles. The summed E-state index contributed by atoms with van der Waals surface area (Å²) in [5, 5.41) is 17.7. The molecule has 1 aliphatic carbocycles. The van der Waals surface area contributed by atoms with Crippen LogP contribution in [0.3, 0.4) is 0 Å². The van der Waals surface area contributed by atoms with Crippen LogP contribution in [-0.2, 0) is 7.05 Å². The van der Waals surface area contributed by atoms with Crippen molar-refractivity contribution in [1.29, 1.82) is 0 Å². The molecule has 0 radical (unpaired) electrons. The molecule has 2 unspecified atom stereocenters. The second kappa shape index (κ2) is 7.07. The van der Waals surface area contributed by atoms with Crippen molar-refractivity contribution in [2.24, 2.45) is 7.05 Å². The van der Waals surface area contributed by atoms with E-state index in [1.807, 2.05) is 36.1 Å². The Morgan fingerprint density at radius 1 is 1.27 bits per heavy atom. The third-order valence-corrected chi connectivity index (χ3v) is 4.77. The number of nitrogens with one attached hydrogen (secondary N) is 1. The summed E-state index contributed by atoms with van der Waals surface area (Å²) in [5.41, 5.74) is 2.49. The lowest BCUT2D eigenvalue weighted by Gasteiger charge is -2.32. The van der Waals surface area contributed by atoms with Crippen LogP contribution in [0.2, 0.25) is 0 Å². The van der Waals surface area contributed by atoms with Crippen LogP contribution in [0.15, 0.2) is 42.6 Å². The second-order valence-corrected chi connectivity index (χ2v) is 6.25. The van der Waals surface area contributed by atoms with Gasteiger partial charge in [0.2, 0.25) is 0 Å². The van der Waals surface area contributed by atoms with Gasteiger partial charge in [0, 0.05) is 30.9 Å². The standard InChI is InChI=1S/C18H25N3O/c1-21-18(10-11-19-21)15-8-5-9-16(12-15)20-17(13-22)14-6-3-2-4-7-14/h2-4,6-7,10-11,15-17,20,22H,5,8-9,12-13H2,1H3/t15?,16?,17-/m1/s1. The fraction of sp³-hybridized carbons (Fsp3) is 0.500. The molecular formula is C18H25N3O. The van der Waals surface area contributed by atoms with Gasteiger partial charge in [0.1, 0.15) is 0 Å². The summed E-state index contributed by atoms with van der Waals surface area (Å²) in [5.74, 6) is 0.564. The molecule has 2 aromatic rings. The zero-order chi connectivity index (χ0) is 15.4. The average molecular weight is 299 g/mol. The van der Waals surface area contributed by atoms with Gasteiger partial charge in [-0.3, -0.25) is 4.68 Å². The van der Waals surface area contributed by atoms with E-state index in [0.29, 0.717) is 12.0 Å². The van der Waals surface area contributed by atoms with Crippen molar-refractivity contribution in [1.82, 2.24) is 15.1 Å². The van der Waals surface area contributed by atoms with Crippen LogP contribution < -0.4 is 5.32 Å². The van der Waals surface area contributed by atoms with Gasteiger partial charge in [-0.2, -0.15) is 5.10 Å². The maximum Gasteiger partial charge on any atom is 0.0626 e. The highest BCUT2D eigenvalue weighted by atomic mass is 16.3. The third-order valence-electron chi connectivity index (χ3n) is 4.77. The monoisotopic (exact) mass is 299 g/mol. The summed E-state index contributed by atoms with van der Waals surface area (Å²) in [6.07, 6.45) is 6.63. The van der Waals surface area contributed by atoms with Crippen molar-refractivity contribution < 1.29 is 5.11 Å². The molecule has 0 aliphatic heterocycles. The highest BCUT2D eigenvalue weighted by Crippen LogP contribution is 2.33. The van der Waals surface area contributed by atoms with E-state index in [1.54, 1.807) is 0 Å².